The summed E-state index contributed by atoms with van der Waals surface area (Å²) in [6.07, 6.45) is 12.1. The third-order valence-electron chi connectivity index (χ3n) is 6.68. The third-order valence-corrected chi connectivity index (χ3v) is 6.68. The minimum absolute atomic E-state index is 0. The van der Waals surface area contributed by atoms with Crippen molar-refractivity contribution < 1.29 is 6.22 Å². The summed E-state index contributed by atoms with van der Waals surface area (Å²) in [5.74, 6) is 0.405. The molecule has 2 heteroatoms. The molecule has 0 radical (unpaired) electrons. The van der Waals surface area contributed by atoms with Gasteiger partial charge in [-0.2, -0.15) is 0 Å². The fourth-order valence-electron chi connectivity index (χ4n) is 4.77. The standard InChI is InChI=1S/C30H33NO.C2H6.H2/c1-22(29(32)18-17-24-11-9-10-12-24)21-28-23(2)30(26-15-7-4-8-16-26)27(19-20-31-28)25-13-5-3-6-14-25;1-2;/h3-11,13-16,19,22,28,31H,12,17-18,20-21H2,1-2H3;1-2H3;1H. The Kier molecular flexibility index (Phi) is 9.85. The number of Topliss-reactive ketones (excluding diaryl/α,β-unsaturated/α-hetero) is 1. The Morgan fingerprint density at radius 3 is 2.29 bits per heavy atom. The molecule has 0 amide bonds. The van der Waals surface area contributed by atoms with Gasteiger partial charge in [0.25, 0.3) is 0 Å². The van der Waals surface area contributed by atoms with Crippen LogP contribution >= 0.6 is 0 Å². The van der Waals surface area contributed by atoms with Crippen LogP contribution in [0.4, 0.5) is 0 Å². The quantitative estimate of drug-likeness (QED) is 0.436. The SMILES string of the molecule is CC.CC1=C(c2ccccc2)C(c2ccccc2)=CCNC1CC(C)C(=O)CCC1=CC=CC1.[HH]. The average Bonchev–Trinajstić information content (AvgIpc) is 3.36. The van der Waals surface area contributed by atoms with Crippen LogP contribution in [0.2, 0.25) is 0 Å². The second kappa shape index (κ2) is 13.1. The van der Waals surface area contributed by atoms with E-state index in [9.17, 15) is 4.79 Å². The fourth-order valence-corrected chi connectivity index (χ4v) is 4.77. The number of ketones is 1. The van der Waals surface area contributed by atoms with Crippen molar-refractivity contribution in [1.29, 1.82) is 0 Å². The monoisotopic (exact) mass is 455 g/mol. The lowest BCUT2D eigenvalue weighted by Crippen LogP contribution is -2.33. The highest BCUT2D eigenvalue weighted by Crippen LogP contribution is 2.37. The smallest absolute Gasteiger partial charge is 0.136 e. The minimum atomic E-state index is 0. The molecule has 34 heavy (non-hydrogen) atoms. The van der Waals surface area contributed by atoms with E-state index in [2.05, 4.69) is 104 Å². The van der Waals surface area contributed by atoms with Gasteiger partial charge in [-0.05, 0) is 54.0 Å². The normalized spacial score (nSPS) is 18.4. The molecule has 2 aromatic carbocycles. The van der Waals surface area contributed by atoms with Crippen LogP contribution in [0.3, 0.4) is 0 Å². The van der Waals surface area contributed by atoms with E-state index in [4.69, 9.17) is 0 Å². The van der Waals surface area contributed by atoms with E-state index >= 15 is 0 Å². The van der Waals surface area contributed by atoms with Crippen molar-refractivity contribution in [3.8, 4) is 0 Å². The van der Waals surface area contributed by atoms with Crippen molar-refractivity contribution in [2.75, 3.05) is 6.54 Å². The largest absolute Gasteiger partial charge is 0.307 e. The number of hydrogen-bond acceptors (Lipinski definition) is 2. The number of nitrogens with one attached hydrogen (secondary N) is 1. The van der Waals surface area contributed by atoms with E-state index in [1.54, 1.807) is 0 Å². The molecule has 1 aliphatic carbocycles. The Labute approximate surface area is 207 Å². The van der Waals surface area contributed by atoms with Crippen LogP contribution in [0.15, 0.2) is 96.1 Å². The van der Waals surface area contributed by atoms with Gasteiger partial charge in [-0.15, -0.1) is 0 Å². The van der Waals surface area contributed by atoms with E-state index < -0.39 is 0 Å². The molecular weight excluding hydrogens is 414 g/mol. The highest BCUT2D eigenvalue weighted by Gasteiger charge is 2.25. The van der Waals surface area contributed by atoms with Gasteiger partial charge >= 0.3 is 0 Å². The molecule has 1 aliphatic heterocycles. The molecule has 2 atom stereocenters. The summed E-state index contributed by atoms with van der Waals surface area (Å²) < 4.78 is 0. The lowest BCUT2D eigenvalue weighted by atomic mass is 9.84. The Morgan fingerprint density at radius 2 is 1.68 bits per heavy atom. The maximum absolute atomic E-state index is 12.9. The first-order valence-corrected chi connectivity index (χ1v) is 12.8. The van der Waals surface area contributed by atoms with Gasteiger partial charge in [-0.3, -0.25) is 4.79 Å². The molecule has 1 N–H and O–H groups in total. The molecule has 1 heterocycles. The van der Waals surface area contributed by atoms with Crippen molar-refractivity contribution >= 4 is 16.9 Å². The fraction of sp³-hybridized carbons (Fsp3) is 0.344. The molecule has 4 rings (SSSR count). The molecule has 2 aliphatic rings. The minimum Gasteiger partial charge on any atom is -0.307 e. The summed E-state index contributed by atoms with van der Waals surface area (Å²) in [5.41, 5.74) is 7.70. The zero-order valence-corrected chi connectivity index (χ0v) is 21.2. The van der Waals surface area contributed by atoms with Gasteiger partial charge in [0.1, 0.15) is 5.78 Å². The Balaban J connectivity index is 0.00000140. The summed E-state index contributed by atoms with van der Waals surface area (Å²) in [4.78, 5) is 12.9. The van der Waals surface area contributed by atoms with E-state index in [1.807, 2.05) is 13.8 Å². The van der Waals surface area contributed by atoms with Gasteiger partial charge in [0, 0.05) is 26.4 Å². The summed E-state index contributed by atoms with van der Waals surface area (Å²) in [6, 6.07) is 21.4. The van der Waals surface area contributed by atoms with Gasteiger partial charge in [0.2, 0.25) is 0 Å². The number of allylic oxidation sites excluding steroid dienone is 6. The number of carbonyl (C=O) groups is 1. The van der Waals surface area contributed by atoms with Crippen molar-refractivity contribution in [2.24, 2.45) is 5.92 Å². The maximum Gasteiger partial charge on any atom is 0.136 e. The predicted octanol–water partition coefficient (Wildman–Crippen LogP) is 8.05. The molecule has 0 saturated carbocycles. The maximum atomic E-state index is 12.9. The van der Waals surface area contributed by atoms with Gasteiger partial charge in [0.15, 0.2) is 0 Å². The first-order valence-electron chi connectivity index (χ1n) is 12.8. The van der Waals surface area contributed by atoms with Gasteiger partial charge < -0.3 is 5.32 Å². The average molecular weight is 456 g/mol. The number of hydrogen-bond donors (Lipinski definition) is 1. The number of rotatable bonds is 8. The zero-order chi connectivity index (χ0) is 24.3. The van der Waals surface area contributed by atoms with Crippen LogP contribution in [0, 0.1) is 5.92 Å². The first-order chi connectivity index (χ1) is 16.6. The van der Waals surface area contributed by atoms with Crippen molar-refractivity contribution in [3.63, 3.8) is 0 Å². The summed E-state index contributed by atoms with van der Waals surface area (Å²) >= 11 is 0. The van der Waals surface area contributed by atoms with Crippen molar-refractivity contribution in [1.82, 2.24) is 5.32 Å². The van der Waals surface area contributed by atoms with Crippen LogP contribution in [0.1, 0.15) is 65.9 Å². The number of benzene rings is 2. The molecule has 0 spiro atoms. The van der Waals surface area contributed by atoms with E-state index in [-0.39, 0.29) is 13.4 Å². The second-order valence-electron chi connectivity index (χ2n) is 8.93. The highest BCUT2D eigenvalue weighted by atomic mass is 16.1. The van der Waals surface area contributed by atoms with Gasteiger partial charge in [-0.1, -0.05) is 111 Å². The Morgan fingerprint density at radius 1 is 1.03 bits per heavy atom. The van der Waals surface area contributed by atoms with Crippen LogP contribution in [-0.4, -0.2) is 18.4 Å². The topological polar surface area (TPSA) is 29.1 Å². The lowest BCUT2D eigenvalue weighted by molar-refractivity contribution is -0.122. The molecule has 2 aromatic rings. The Hall–Kier alpha value is -2.97. The van der Waals surface area contributed by atoms with Crippen molar-refractivity contribution in [2.45, 2.75) is 59.4 Å². The van der Waals surface area contributed by atoms with Crippen LogP contribution in [0.25, 0.3) is 11.1 Å². The molecule has 0 aromatic heterocycles. The van der Waals surface area contributed by atoms with E-state index in [0.717, 1.165) is 25.8 Å². The first kappa shape index (κ1) is 25.6. The molecule has 2 nitrogen and oxygen atoms in total. The summed E-state index contributed by atoms with van der Waals surface area (Å²) in [5, 5.41) is 3.71. The highest BCUT2D eigenvalue weighted by molar-refractivity contribution is 6.06. The van der Waals surface area contributed by atoms with Crippen LogP contribution < -0.4 is 5.32 Å². The van der Waals surface area contributed by atoms with Crippen LogP contribution in [-0.2, 0) is 4.79 Å². The van der Waals surface area contributed by atoms with E-state index in [0.29, 0.717) is 12.2 Å². The summed E-state index contributed by atoms with van der Waals surface area (Å²) in [7, 11) is 0. The molecule has 0 bridgehead atoms. The van der Waals surface area contributed by atoms with E-state index in [1.165, 1.54) is 33.4 Å². The van der Waals surface area contributed by atoms with Crippen LogP contribution in [0.5, 0.6) is 0 Å². The molecule has 2 unspecified atom stereocenters. The third kappa shape index (κ3) is 6.55. The molecular formula is C32H41NO. The number of carbonyl (C=O) groups excluding carboxylic acids is 1. The lowest BCUT2D eigenvalue weighted by Gasteiger charge is -2.24. The summed E-state index contributed by atoms with van der Waals surface area (Å²) in [6.45, 7) is 9.12. The van der Waals surface area contributed by atoms with Gasteiger partial charge in [-0.25, -0.2) is 0 Å². The van der Waals surface area contributed by atoms with Crippen molar-refractivity contribution in [3.05, 3.63) is 107 Å². The molecule has 180 valence electrons. The predicted molar refractivity (Wildman–Crippen MR) is 149 cm³/mol. The zero-order valence-electron chi connectivity index (χ0n) is 21.2. The Bertz CT molecular complexity index is 1060. The molecule has 0 fully saturated rings. The molecule has 0 saturated heterocycles. The van der Waals surface area contributed by atoms with Gasteiger partial charge in [0.05, 0.1) is 0 Å². The second-order valence-corrected chi connectivity index (χ2v) is 8.93.